The summed E-state index contributed by atoms with van der Waals surface area (Å²) in [6.45, 7) is 0. The number of rotatable bonds is 4. The summed E-state index contributed by atoms with van der Waals surface area (Å²) in [5.41, 5.74) is 12.4. The van der Waals surface area contributed by atoms with Crippen molar-refractivity contribution in [2.24, 2.45) is 0 Å². The Bertz CT molecular complexity index is 1010. The van der Waals surface area contributed by atoms with Gasteiger partial charge in [0.15, 0.2) is 0 Å². The fourth-order valence-electron chi connectivity index (χ4n) is 3.61. The number of nitrogens with two attached hydrogens (primary N) is 1. The van der Waals surface area contributed by atoms with Crippen molar-refractivity contribution in [3.63, 3.8) is 0 Å². The first-order valence-electron chi connectivity index (χ1n) is 9.34. The van der Waals surface area contributed by atoms with Crippen molar-refractivity contribution < 1.29 is 9.47 Å². The second-order valence-electron chi connectivity index (χ2n) is 6.78. The van der Waals surface area contributed by atoms with E-state index in [1.165, 1.54) is 5.57 Å². The summed E-state index contributed by atoms with van der Waals surface area (Å²) in [7, 11) is 3.33. The minimum atomic E-state index is 0.298. The van der Waals surface area contributed by atoms with Gasteiger partial charge in [0, 0.05) is 11.1 Å². The third-order valence-corrected chi connectivity index (χ3v) is 5.02. The van der Waals surface area contributed by atoms with Gasteiger partial charge in [0.2, 0.25) is 5.95 Å². The molecule has 3 aromatic rings. The molecule has 5 nitrogen and oxygen atoms in total. The number of hydrogen-bond acceptors (Lipinski definition) is 5. The SMILES string of the molecule is COc1ccc(/C=C2\CCCc3c2nc(N)nc3-c2ccc(OC)cc2)cc1. The molecule has 1 aliphatic carbocycles. The number of hydrogen-bond donors (Lipinski definition) is 1. The van der Waals surface area contributed by atoms with Gasteiger partial charge in [-0.25, -0.2) is 9.97 Å². The second-order valence-corrected chi connectivity index (χ2v) is 6.78. The molecule has 142 valence electrons. The van der Waals surface area contributed by atoms with Gasteiger partial charge in [-0.2, -0.15) is 0 Å². The molecule has 4 rings (SSSR count). The van der Waals surface area contributed by atoms with Crippen molar-refractivity contribution in [3.8, 4) is 22.8 Å². The number of aromatic nitrogens is 2. The zero-order valence-corrected chi connectivity index (χ0v) is 16.1. The van der Waals surface area contributed by atoms with E-state index in [0.29, 0.717) is 5.95 Å². The number of fused-ring (bicyclic) bond motifs is 1. The summed E-state index contributed by atoms with van der Waals surface area (Å²) >= 11 is 0. The average molecular weight is 373 g/mol. The highest BCUT2D eigenvalue weighted by Crippen LogP contribution is 2.36. The van der Waals surface area contributed by atoms with Crippen LogP contribution in [0.25, 0.3) is 22.9 Å². The molecule has 28 heavy (non-hydrogen) atoms. The van der Waals surface area contributed by atoms with Crippen LogP contribution in [0.1, 0.15) is 29.7 Å². The van der Waals surface area contributed by atoms with Crippen LogP contribution in [0.15, 0.2) is 48.5 Å². The Balaban J connectivity index is 1.78. The molecular weight excluding hydrogens is 350 g/mol. The maximum atomic E-state index is 6.08. The van der Waals surface area contributed by atoms with E-state index in [0.717, 1.165) is 58.8 Å². The van der Waals surface area contributed by atoms with Crippen molar-refractivity contribution in [3.05, 3.63) is 65.4 Å². The van der Waals surface area contributed by atoms with Crippen molar-refractivity contribution >= 4 is 17.6 Å². The molecule has 0 bridgehead atoms. The predicted octanol–water partition coefficient (Wildman–Crippen LogP) is 4.62. The lowest BCUT2D eigenvalue weighted by Crippen LogP contribution is -2.11. The molecule has 1 aromatic heterocycles. The van der Waals surface area contributed by atoms with Gasteiger partial charge in [-0.15, -0.1) is 0 Å². The van der Waals surface area contributed by atoms with Crippen LogP contribution >= 0.6 is 0 Å². The Hall–Kier alpha value is -3.34. The standard InChI is InChI=1S/C23H23N3O2/c1-27-18-10-6-15(7-11-18)14-17-4-3-5-20-21(25-23(24)26-22(17)20)16-8-12-19(28-2)13-9-16/h6-14H,3-5H2,1-2H3,(H2,24,25,26)/b17-14+. The lowest BCUT2D eigenvalue weighted by Gasteiger charge is -2.21. The Labute approximate surface area is 164 Å². The van der Waals surface area contributed by atoms with E-state index < -0.39 is 0 Å². The van der Waals surface area contributed by atoms with Crippen LogP contribution in [0.4, 0.5) is 5.95 Å². The van der Waals surface area contributed by atoms with Crippen LogP contribution in [0, 0.1) is 0 Å². The number of benzene rings is 2. The average Bonchev–Trinajstić information content (AvgIpc) is 2.74. The smallest absolute Gasteiger partial charge is 0.221 e. The van der Waals surface area contributed by atoms with Crippen LogP contribution in [-0.2, 0) is 6.42 Å². The predicted molar refractivity (Wildman–Crippen MR) is 112 cm³/mol. The van der Waals surface area contributed by atoms with Crippen LogP contribution in [0.2, 0.25) is 0 Å². The largest absolute Gasteiger partial charge is 0.497 e. The Morgan fingerprint density at radius 1 is 0.821 bits per heavy atom. The summed E-state index contributed by atoms with van der Waals surface area (Å²) in [5, 5.41) is 0. The molecule has 0 unspecified atom stereocenters. The topological polar surface area (TPSA) is 70.3 Å². The molecule has 1 heterocycles. The number of nitrogen functional groups attached to an aromatic ring is 1. The highest BCUT2D eigenvalue weighted by Gasteiger charge is 2.22. The van der Waals surface area contributed by atoms with Crippen molar-refractivity contribution in [1.82, 2.24) is 9.97 Å². The van der Waals surface area contributed by atoms with Gasteiger partial charge in [0.05, 0.1) is 25.6 Å². The molecule has 5 heteroatoms. The Morgan fingerprint density at radius 3 is 2.07 bits per heavy atom. The van der Waals surface area contributed by atoms with Gasteiger partial charge in [-0.1, -0.05) is 12.1 Å². The first-order chi connectivity index (χ1) is 13.7. The van der Waals surface area contributed by atoms with Gasteiger partial charge in [-0.3, -0.25) is 0 Å². The summed E-state index contributed by atoms with van der Waals surface area (Å²) in [4.78, 5) is 9.15. The molecule has 0 amide bonds. The number of allylic oxidation sites excluding steroid dienone is 1. The summed E-state index contributed by atoms with van der Waals surface area (Å²) in [6.07, 6.45) is 5.15. The summed E-state index contributed by atoms with van der Waals surface area (Å²) in [6, 6.07) is 15.9. The highest BCUT2D eigenvalue weighted by molar-refractivity contribution is 5.85. The van der Waals surface area contributed by atoms with Crippen molar-refractivity contribution in [2.75, 3.05) is 20.0 Å². The molecular formula is C23H23N3O2. The number of ether oxygens (including phenoxy) is 2. The molecule has 0 spiro atoms. The van der Waals surface area contributed by atoms with E-state index in [1.54, 1.807) is 14.2 Å². The van der Waals surface area contributed by atoms with Crippen molar-refractivity contribution in [2.45, 2.75) is 19.3 Å². The normalized spacial score (nSPS) is 14.6. The van der Waals surface area contributed by atoms with Gasteiger partial charge in [0.25, 0.3) is 0 Å². The summed E-state index contributed by atoms with van der Waals surface area (Å²) in [5.74, 6) is 1.96. The van der Waals surface area contributed by atoms with Gasteiger partial charge in [-0.05, 0) is 72.9 Å². The maximum Gasteiger partial charge on any atom is 0.221 e. The third kappa shape index (κ3) is 3.56. The van der Waals surface area contributed by atoms with E-state index in [2.05, 4.69) is 28.2 Å². The molecule has 0 atom stereocenters. The quantitative estimate of drug-likeness (QED) is 0.722. The zero-order valence-electron chi connectivity index (χ0n) is 16.1. The molecule has 2 aromatic carbocycles. The van der Waals surface area contributed by atoms with Gasteiger partial charge >= 0.3 is 0 Å². The first kappa shape index (κ1) is 18.0. The lowest BCUT2D eigenvalue weighted by atomic mass is 9.87. The van der Waals surface area contributed by atoms with Crippen LogP contribution in [0.5, 0.6) is 11.5 Å². The van der Waals surface area contributed by atoms with Crippen molar-refractivity contribution in [1.29, 1.82) is 0 Å². The minimum Gasteiger partial charge on any atom is -0.497 e. The fourth-order valence-corrected chi connectivity index (χ4v) is 3.61. The Kier molecular flexibility index (Phi) is 4.98. The molecule has 0 aliphatic heterocycles. The molecule has 2 N–H and O–H groups in total. The second kappa shape index (κ2) is 7.72. The molecule has 1 aliphatic rings. The number of anilines is 1. The lowest BCUT2D eigenvalue weighted by molar-refractivity contribution is 0.414. The molecule has 0 saturated carbocycles. The van der Waals surface area contributed by atoms with Crippen LogP contribution < -0.4 is 15.2 Å². The number of methoxy groups -OCH3 is 2. The van der Waals surface area contributed by atoms with Crippen LogP contribution in [-0.4, -0.2) is 24.2 Å². The van der Waals surface area contributed by atoms with E-state index in [4.69, 9.17) is 15.2 Å². The minimum absolute atomic E-state index is 0.298. The Morgan fingerprint density at radius 2 is 1.43 bits per heavy atom. The molecule has 0 saturated heterocycles. The molecule has 0 fully saturated rings. The van der Waals surface area contributed by atoms with E-state index in [-0.39, 0.29) is 0 Å². The van der Waals surface area contributed by atoms with Gasteiger partial charge < -0.3 is 15.2 Å². The van der Waals surface area contributed by atoms with E-state index >= 15 is 0 Å². The first-order valence-corrected chi connectivity index (χ1v) is 9.34. The van der Waals surface area contributed by atoms with Crippen LogP contribution in [0.3, 0.4) is 0 Å². The van der Waals surface area contributed by atoms with E-state index in [1.807, 2.05) is 36.4 Å². The molecule has 0 radical (unpaired) electrons. The zero-order chi connectivity index (χ0) is 19.5. The van der Waals surface area contributed by atoms with Gasteiger partial charge in [0.1, 0.15) is 11.5 Å². The monoisotopic (exact) mass is 373 g/mol. The van der Waals surface area contributed by atoms with E-state index in [9.17, 15) is 0 Å². The maximum absolute atomic E-state index is 6.08. The third-order valence-electron chi connectivity index (χ3n) is 5.02. The summed E-state index contributed by atoms with van der Waals surface area (Å²) < 4.78 is 10.5. The fraction of sp³-hybridized carbons (Fsp3) is 0.217. The highest BCUT2D eigenvalue weighted by atomic mass is 16.5. The number of nitrogens with zero attached hydrogens (tertiary/aromatic N) is 2.